The molecule has 0 aliphatic heterocycles. The molecule has 1 aromatic carbocycles. The monoisotopic (exact) mass is 273 g/mol. The predicted octanol–water partition coefficient (Wildman–Crippen LogP) is 2.73. The second-order valence-electron chi connectivity index (χ2n) is 4.65. The van der Waals surface area contributed by atoms with Crippen molar-refractivity contribution in [2.75, 3.05) is 6.61 Å². The molecular formula is C16H23N3O. The highest BCUT2D eigenvalue weighted by Gasteiger charge is 2.03. The molecule has 0 amide bonds. The van der Waals surface area contributed by atoms with Crippen LogP contribution in [0.2, 0.25) is 0 Å². The molecule has 0 aliphatic carbocycles. The van der Waals surface area contributed by atoms with Gasteiger partial charge in [-0.3, -0.25) is 4.68 Å². The Morgan fingerprint density at radius 2 is 1.90 bits per heavy atom. The van der Waals surface area contributed by atoms with Crippen molar-refractivity contribution >= 4 is 0 Å². The first-order chi connectivity index (χ1) is 9.85. The first-order valence-corrected chi connectivity index (χ1v) is 7.21. The van der Waals surface area contributed by atoms with Crippen molar-refractivity contribution in [2.45, 2.75) is 40.1 Å². The SMILES string of the molecule is CCOCc1ccccc1CNCc1ccnn1CC. The Balaban J connectivity index is 1.90. The van der Waals surface area contributed by atoms with E-state index in [9.17, 15) is 0 Å². The van der Waals surface area contributed by atoms with Gasteiger partial charge in [-0.25, -0.2) is 0 Å². The van der Waals surface area contributed by atoms with Crippen molar-refractivity contribution in [3.63, 3.8) is 0 Å². The molecular weight excluding hydrogens is 250 g/mol. The van der Waals surface area contributed by atoms with Crippen LogP contribution >= 0.6 is 0 Å². The molecule has 108 valence electrons. The Morgan fingerprint density at radius 1 is 1.10 bits per heavy atom. The average Bonchev–Trinajstić information content (AvgIpc) is 2.94. The highest BCUT2D eigenvalue weighted by atomic mass is 16.5. The topological polar surface area (TPSA) is 39.1 Å². The number of hydrogen-bond donors (Lipinski definition) is 1. The molecule has 0 aliphatic rings. The van der Waals surface area contributed by atoms with Gasteiger partial charge in [-0.1, -0.05) is 24.3 Å². The summed E-state index contributed by atoms with van der Waals surface area (Å²) >= 11 is 0. The molecule has 0 fully saturated rings. The molecule has 4 heteroatoms. The summed E-state index contributed by atoms with van der Waals surface area (Å²) in [4.78, 5) is 0. The zero-order chi connectivity index (χ0) is 14.2. The van der Waals surface area contributed by atoms with Crippen molar-refractivity contribution in [3.8, 4) is 0 Å². The standard InChI is InChI=1S/C16H23N3O/c1-3-19-16(9-10-18-19)12-17-11-14-7-5-6-8-15(14)13-20-4-2/h5-10,17H,3-4,11-13H2,1-2H3. The number of aryl methyl sites for hydroxylation is 1. The summed E-state index contributed by atoms with van der Waals surface area (Å²) in [6.07, 6.45) is 1.85. The first kappa shape index (κ1) is 14.8. The average molecular weight is 273 g/mol. The van der Waals surface area contributed by atoms with Crippen LogP contribution < -0.4 is 5.32 Å². The van der Waals surface area contributed by atoms with Crippen LogP contribution in [0.3, 0.4) is 0 Å². The van der Waals surface area contributed by atoms with E-state index in [1.165, 1.54) is 16.8 Å². The smallest absolute Gasteiger partial charge is 0.0719 e. The van der Waals surface area contributed by atoms with Crippen LogP contribution in [0.1, 0.15) is 30.7 Å². The number of nitrogens with zero attached hydrogens (tertiary/aromatic N) is 2. The van der Waals surface area contributed by atoms with Gasteiger partial charge in [-0.05, 0) is 31.0 Å². The summed E-state index contributed by atoms with van der Waals surface area (Å²) in [6, 6.07) is 10.5. The van der Waals surface area contributed by atoms with Crippen molar-refractivity contribution in [2.24, 2.45) is 0 Å². The number of benzene rings is 1. The van der Waals surface area contributed by atoms with Gasteiger partial charge in [0.25, 0.3) is 0 Å². The summed E-state index contributed by atoms with van der Waals surface area (Å²) in [5.74, 6) is 0. The molecule has 0 saturated heterocycles. The Labute approximate surface area is 120 Å². The molecule has 1 aromatic heterocycles. The van der Waals surface area contributed by atoms with Gasteiger partial charge in [0.2, 0.25) is 0 Å². The van der Waals surface area contributed by atoms with Gasteiger partial charge < -0.3 is 10.1 Å². The number of hydrogen-bond acceptors (Lipinski definition) is 3. The summed E-state index contributed by atoms with van der Waals surface area (Å²) < 4.78 is 7.52. The van der Waals surface area contributed by atoms with Gasteiger partial charge in [0.05, 0.1) is 12.3 Å². The second kappa shape index (κ2) is 7.82. The highest BCUT2D eigenvalue weighted by Crippen LogP contribution is 2.10. The highest BCUT2D eigenvalue weighted by molar-refractivity contribution is 5.26. The van der Waals surface area contributed by atoms with E-state index in [1.54, 1.807) is 0 Å². The van der Waals surface area contributed by atoms with E-state index < -0.39 is 0 Å². The van der Waals surface area contributed by atoms with E-state index in [0.717, 1.165) is 26.2 Å². The predicted molar refractivity (Wildman–Crippen MR) is 80.2 cm³/mol. The Morgan fingerprint density at radius 3 is 2.65 bits per heavy atom. The van der Waals surface area contributed by atoms with Gasteiger partial charge in [-0.15, -0.1) is 0 Å². The third-order valence-electron chi connectivity index (χ3n) is 3.31. The molecule has 0 unspecified atom stereocenters. The van der Waals surface area contributed by atoms with Crippen LogP contribution in [0.25, 0.3) is 0 Å². The second-order valence-corrected chi connectivity index (χ2v) is 4.65. The maximum atomic E-state index is 5.51. The molecule has 0 spiro atoms. The zero-order valence-corrected chi connectivity index (χ0v) is 12.3. The van der Waals surface area contributed by atoms with E-state index in [4.69, 9.17) is 4.74 Å². The van der Waals surface area contributed by atoms with E-state index in [1.807, 2.05) is 17.8 Å². The van der Waals surface area contributed by atoms with Gasteiger partial charge >= 0.3 is 0 Å². The fraction of sp³-hybridized carbons (Fsp3) is 0.438. The molecule has 20 heavy (non-hydrogen) atoms. The summed E-state index contributed by atoms with van der Waals surface area (Å²) in [7, 11) is 0. The van der Waals surface area contributed by atoms with E-state index >= 15 is 0 Å². The molecule has 1 N–H and O–H groups in total. The lowest BCUT2D eigenvalue weighted by molar-refractivity contribution is 0.133. The summed E-state index contributed by atoms with van der Waals surface area (Å²) in [5, 5.41) is 7.75. The van der Waals surface area contributed by atoms with Crippen LogP contribution in [0, 0.1) is 0 Å². The Kier molecular flexibility index (Phi) is 5.77. The van der Waals surface area contributed by atoms with Crippen molar-refractivity contribution in [3.05, 3.63) is 53.3 Å². The summed E-state index contributed by atoms with van der Waals surface area (Å²) in [6.45, 7) is 8.14. The quantitative estimate of drug-likeness (QED) is 0.804. The number of ether oxygens (including phenoxy) is 1. The number of aromatic nitrogens is 2. The molecule has 0 bridgehead atoms. The number of rotatable bonds is 8. The largest absolute Gasteiger partial charge is 0.377 e. The third-order valence-corrected chi connectivity index (χ3v) is 3.31. The van der Waals surface area contributed by atoms with E-state index in [-0.39, 0.29) is 0 Å². The molecule has 0 saturated carbocycles. The molecule has 2 aromatic rings. The van der Waals surface area contributed by atoms with Crippen molar-refractivity contribution < 1.29 is 4.74 Å². The minimum absolute atomic E-state index is 0.682. The number of nitrogens with one attached hydrogen (secondary N) is 1. The minimum Gasteiger partial charge on any atom is -0.377 e. The van der Waals surface area contributed by atoms with Crippen molar-refractivity contribution in [1.29, 1.82) is 0 Å². The fourth-order valence-corrected chi connectivity index (χ4v) is 2.20. The lowest BCUT2D eigenvalue weighted by atomic mass is 10.1. The van der Waals surface area contributed by atoms with Crippen LogP contribution in [0.15, 0.2) is 36.5 Å². The molecule has 0 radical (unpaired) electrons. The Bertz CT molecular complexity index is 522. The van der Waals surface area contributed by atoms with Crippen molar-refractivity contribution in [1.82, 2.24) is 15.1 Å². The van der Waals surface area contributed by atoms with Crippen LogP contribution in [-0.4, -0.2) is 16.4 Å². The Hall–Kier alpha value is -1.65. The van der Waals surface area contributed by atoms with Gasteiger partial charge in [-0.2, -0.15) is 5.10 Å². The maximum absolute atomic E-state index is 5.51. The zero-order valence-electron chi connectivity index (χ0n) is 12.3. The van der Waals surface area contributed by atoms with Gasteiger partial charge in [0.15, 0.2) is 0 Å². The maximum Gasteiger partial charge on any atom is 0.0719 e. The lowest BCUT2D eigenvalue weighted by Crippen LogP contribution is -2.17. The van der Waals surface area contributed by atoms with E-state index in [0.29, 0.717) is 6.61 Å². The first-order valence-electron chi connectivity index (χ1n) is 7.21. The van der Waals surface area contributed by atoms with Crippen LogP contribution in [-0.2, 0) is 31.0 Å². The van der Waals surface area contributed by atoms with Crippen LogP contribution in [0.5, 0.6) is 0 Å². The molecule has 4 nitrogen and oxygen atoms in total. The lowest BCUT2D eigenvalue weighted by Gasteiger charge is -2.11. The minimum atomic E-state index is 0.682. The van der Waals surface area contributed by atoms with Crippen LogP contribution in [0.4, 0.5) is 0 Å². The normalized spacial score (nSPS) is 10.9. The molecule has 0 atom stereocenters. The molecule has 1 heterocycles. The fourth-order valence-electron chi connectivity index (χ4n) is 2.20. The van der Waals surface area contributed by atoms with E-state index in [2.05, 4.69) is 47.7 Å². The van der Waals surface area contributed by atoms with Gasteiger partial charge in [0, 0.05) is 32.4 Å². The summed E-state index contributed by atoms with van der Waals surface area (Å²) in [5.41, 5.74) is 3.77. The molecule has 2 rings (SSSR count). The third kappa shape index (κ3) is 3.92. The van der Waals surface area contributed by atoms with Gasteiger partial charge in [0.1, 0.15) is 0 Å².